The predicted molar refractivity (Wildman–Crippen MR) is 99.7 cm³/mol. The number of amides is 1. The predicted octanol–water partition coefficient (Wildman–Crippen LogP) is 1.84. The number of carbonyl (C=O) groups is 2. The van der Waals surface area contributed by atoms with Gasteiger partial charge in [-0.15, -0.1) is 16.4 Å². The first-order chi connectivity index (χ1) is 13.1. The second-order valence-corrected chi connectivity index (χ2v) is 6.40. The average Bonchev–Trinajstić information content (AvgIpc) is 3.12. The number of esters is 1. The summed E-state index contributed by atoms with van der Waals surface area (Å²) < 4.78 is 6.10. The van der Waals surface area contributed by atoms with Crippen molar-refractivity contribution in [3.05, 3.63) is 45.7 Å². The van der Waals surface area contributed by atoms with Crippen LogP contribution in [-0.2, 0) is 16.1 Å². The second-order valence-electron chi connectivity index (χ2n) is 5.54. The lowest BCUT2D eigenvalue weighted by Crippen LogP contribution is -2.25. The van der Waals surface area contributed by atoms with Crippen molar-refractivity contribution >= 4 is 39.2 Å². The van der Waals surface area contributed by atoms with Crippen LogP contribution in [0.5, 0.6) is 0 Å². The number of nitrogens with one attached hydrogen (secondary N) is 1. The fraction of sp³-hybridized carbons (Fsp3) is 0.294. The number of hydrogen-bond acceptors (Lipinski definition) is 8. The minimum atomic E-state index is -0.525. The number of fused-ring (bicyclic) bond motifs is 1. The van der Waals surface area contributed by atoms with Gasteiger partial charge < -0.3 is 10.1 Å². The Labute approximate surface area is 158 Å². The van der Waals surface area contributed by atoms with E-state index in [-0.39, 0.29) is 36.7 Å². The molecule has 0 bridgehead atoms. The van der Waals surface area contributed by atoms with Crippen LogP contribution in [0, 0.1) is 0 Å². The summed E-state index contributed by atoms with van der Waals surface area (Å²) in [6, 6.07) is 6.97. The Morgan fingerprint density at radius 1 is 1.30 bits per heavy atom. The third kappa shape index (κ3) is 4.53. The quantitative estimate of drug-likeness (QED) is 0.615. The molecule has 0 saturated carbocycles. The minimum absolute atomic E-state index is 0.162. The molecule has 0 spiro atoms. The molecule has 0 aliphatic heterocycles. The Morgan fingerprint density at radius 3 is 2.93 bits per heavy atom. The Kier molecular flexibility index (Phi) is 5.87. The van der Waals surface area contributed by atoms with E-state index in [0.717, 1.165) is 11.3 Å². The molecule has 0 radical (unpaired) electrons. The number of aromatic nitrogens is 4. The van der Waals surface area contributed by atoms with Crippen LogP contribution in [0.3, 0.4) is 0 Å². The molecule has 10 heteroatoms. The lowest BCUT2D eigenvalue weighted by atomic mass is 10.2. The maximum atomic E-state index is 12.3. The number of thiazole rings is 1. The number of ether oxygens (including phenoxy) is 1. The van der Waals surface area contributed by atoms with Crippen molar-refractivity contribution in [2.24, 2.45) is 0 Å². The molecule has 27 heavy (non-hydrogen) atoms. The van der Waals surface area contributed by atoms with Gasteiger partial charge in [0.2, 0.25) is 5.91 Å². The van der Waals surface area contributed by atoms with Crippen molar-refractivity contribution in [1.82, 2.24) is 20.0 Å². The van der Waals surface area contributed by atoms with Crippen LogP contribution < -0.4 is 10.9 Å². The average molecular weight is 387 g/mol. The zero-order chi connectivity index (χ0) is 19.2. The van der Waals surface area contributed by atoms with Crippen LogP contribution in [0.2, 0.25) is 0 Å². The number of hydrogen-bond donors (Lipinski definition) is 1. The van der Waals surface area contributed by atoms with E-state index >= 15 is 0 Å². The fourth-order valence-electron chi connectivity index (χ4n) is 2.37. The summed E-state index contributed by atoms with van der Waals surface area (Å²) in [5, 5.41) is 12.9. The summed E-state index contributed by atoms with van der Waals surface area (Å²) in [6.07, 6.45) is 0.587. The zero-order valence-electron chi connectivity index (χ0n) is 14.5. The summed E-state index contributed by atoms with van der Waals surface area (Å²) >= 11 is 1.14. The first-order valence-corrected chi connectivity index (χ1v) is 9.21. The highest BCUT2D eigenvalue weighted by molar-refractivity contribution is 7.14. The van der Waals surface area contributed by atoms with E-state index in [0.29, 0.717) is 22.5 Å². The SMILES string of the molecule is CCOC(=O)c1csc(NC(=O)CCCn2nnc3ccccc3c2=O)n1. The van der Waals surface area contributed by atoms with Crippen LogP contribution in [0.25, 0.3) is 10.9 Å². The van der Waals surface area contributed by atoms with Crippen LogP contribution >= 0.6 is 11.3 Å². The van der Waals surface area contributed by atoms with E-state index in [1.165, 1.54) is 10.1 Å². The molecule has 3 aromatic rings. The van der Waals surface area contributed by atoms with Gasteiger partial charge in [0, 0.05) is 18.3 Å². The third-order valence-electron chi connectivity index (χ3n) is 3.64. The number of carbonyl (C=O) groups excluding carboxylic acids is 2. The number of benzene rings is 1. The summed E-state index contributed by atoms with van der Waals surface area (Å²) in [5.74, 6) is -0.787. The Morgan fingerprint density at radius 2 is 2.11 bits per heavy atom. The maximum absolute atomic E-state index is 12.3. The topological polar surface area (TPSA) is 116 Å². The third-order valence-corrected chi connectivity index (χ3v) is 4.40. The summed E-state index contributed by atoms with van der Waals surface area (Å²) in [5.41, 5.74) is 0.466. The second kappa shape index (κ2) is 8.49. The van der Waals surface area contributed by atoms with Crippen LogP contribution in [0.15, 0.2) is 34.4 Å². The molecule has 0 aliphatic carbocycles. The van der Waals surface area contributed by atoms with Crippen molar-refractivity contribution in [1.29, 1.82) is 0 Å². The molecule has 2 heterocycles. The summed E-state index contributed by atoms with van der Waals surface area (Å²) in [7, 11) is 0. The standard InChI is InChI=1S/C17H17N5O4S/c1-2-26-16(25)13-10-27-17(18-13)19-14(23)8-5-9-22-15(24)11-6-3-4-7-12(11)20-21-22/h3-4,6-7,10H,2,5,8-9H2,1H3,(H,18,19,23). The monoisotopic (exact) mass is 387 g/mol. The van der Waals surface area contributed by atoms with Gasteiger partial charge in [-0.05, 0) is 25.5 Å². The molecule has 0 aliphatic rings. The number of nitrogens with zero attached hydrogens (tertiary/aromatic N) is 4. The molecule has 0 atom stereocenters. The number of aryl methyl sites for hydroxylation is 1. The van der Waals surface area contributed by atoms with Gasteiger partial charge in [0.1, 0.15) is 5.52 Å². The molecule has 3 rings (SSSR count). The van der Waals surface area contributed by atoms with Gasteiger partial charge in [0.25, 0.3) is 5.56 Å². The van der Waals surface area contributed by atoms with Gasteiger partial charge in [0.15, 0.2) is 10.8 Å². The first-order valence-electron chi connectivity index (χ1n) is 8.33. The minimum Gasteiger partial charge on any atom is -0.461 e. The van der Waals surface area contributed by atoms with Crippen molar-refractivity contribution in [2.45, 2.75) is 26.3 Å². The number of rotatable bonds is 7. The van der Waals surface area contributed by atoms with Gasteiger partial charge in [0.05, 0.1) is 12.0 Å². The van der Waals surface area contributed by atoms with E-state index < -0.39 is 5.97 Å². The van der Waals surface area contributed by atoms with Crippen molar-refractivity contribution in [3.8, 4) is 0 Å². The molecule has 0 unspecified atom stereocenters. The maximum Gasteiger partial charge on any atom is 0.357 e. The molecule has 2 aromatic heterocycles. The van der Waals surface area contributed by atoms with E-state index in [1.54, 1.807) is 31.2 Å². The van der Waals surface area contributed by atoms with Gasteiger partial charge in [-0.3, -0.25) is 9.59 Å². The molecule has 140 valence electrons. The van der Waals surface area contributed by atoms with Crippen LogP contribution in [0.1, 0.15) is 30.3 Å². The Bertz CT molecular complexity index is 1030. The van der Waals surface area contributed by atoms with Gasteiger partial charge in [-0.25, -0.2) is 14.5 Å². The molecular formula is C17H17N5O4S. The largest absolute Gasteiger partial charge is 0.461 e. The Balaban J connectivity index is 1.54. The van der Waals surface area contributed by atoms with Crippen LogP contribution in [-0.4, -0.2) is 38.5 Å². The molecule has 0 fully saturated rings. The molecule has 1 amide bonds. The van der Waals surface area contributed by atoms with Gasteiger partial charge in [-0.2, -0.15) is 0 Å². The molecular weight excluding hydrogens is 370 g/mol. The van der Waals surface area contributed by atoms with Crippen molar-refractivity contribution in [3.63, 3.8) is 0 Å². The highest BCUT2D eigenvalue weighted by Gasteiger charge is 2.13. The lowest BCUT2D eigenvalue weighted by Gasteiger charge is -2.05. The molecule has 0 saturated heterocycles. The van der Waals surface area contributed by atoms with Crippen LogP contribution in [0.4, 0.5) is 5.13 Å². The lowest BCUT2D eigenvalue weighted by molar-refractivity contribution is -0.116. The molecule has 1 aromatic carbocycles. The van der Waals surface area contributed by atoms with Crippen molar-refractivity contribution in [2.75, 3.05) is 11.9 Å². The Hall–Kier alpha value is -3.14. The highest BCUT2D eigenvalue weighted by Crippen LogP contribution is 2.16. The fourth-order valence-corrected chi connectivity index (χ4v) is 3.07. The highest BCUT2D eigenvalue weighted by atomic mass is 32.1. The zero-order valence-corrected chi connectivity index (χ0v) is 15.4. The molecule has 9 nitrogen and oxygen atoms in total. The normalized spacial score (nSPS) is 10.7. The van der Waals surface area contributed by atoms with Crippen molar-refractivity contribution < 1.29 is 14.3 Å². The van der Waals surface area contributed by atoms with E-state index in [2.05, 4.69) is 20.6 Å². The smallest absolute Gasteiger partial charge is 0.357 e. The van der Waals surface area contributed by atoms with Gasteiger partial charge >= 0.3 is 5.97 Å². The first kappa shape index (κ1) is 18.6. The van der Waals surface area contributed by atoms with E-state index in [4.69, 9.17) is 4.74 Å². The van der Waals surface area contributed by atoms with E-state index in [9.17, 15) is 14.4 Å². The summed E-state index contributed by atoms with van der Waals surface area (Å²) in [4.78, 5) is 39.9. The van der Waals surface area contributed by atoms with Gasteiger partial charge in [-0.1, -0.05) is 17.3 Å². The van der Waals surface area contributed by atoms with E-state index in [1.807, 2.05) is 0 Å². The molecule has 1 N–H and O–H groups in total. The summed E-state index contributed by atoms with van der Waals surface area (Å²) in [6.45, 7) is 2.24. The number of anilines is 1.